The molecule has 0 N–H and O–H groups in total. The fourth-order valence-electron chi connectivity index (χ4n) is 2.84. The molecule has 0 aromatic carbocycles. The van der Waals surface area contributed by atoms with Gasteiger partial charge in [-0.2, -0.15) is 0 Å². The lowest BCUT2D eigenvalue weighted by atomic mass is 9.49. The summed E-state index contributed by atoms with van der Waals surface area (Å²) in [6, 6.07) is 0. The zero-order valence-corrected chi connectivity index (χ0v) is 11.2. The smallest absolute Gasteiger partial charge is 0.246 e. The summed E-state index contributed by atoms with van der Waals surface area (Å²) >= 11 is 2.79. The highest BCUT2D eigenvalue weighted by Crippen LogP contribution is 2.59. The van der Waals surface area contributed by atoms with Gasteiger partial charge in [-0.3, -0.25) is 4.79 Å². The van der Waals surface area contributed by atoms with Gasteiger partial charge in [0.1, 0.15) is 0 Å². The van der Waals surface area contributed by atoms with Crippen molar-refractivity contribution in [1.29, 1.82) is 0 Å². The molecule has 0 heterocycles. The summed E-state index contributed by atoms with van der Waals surface area (Å²) in [6.45, 7) is 4.75. The van der Waals surface area contributed by atoms with E-state index in [1.807, 2.05) is 6.26 Å². The van der Waals surface area contributed by atoms with Crippen LogP contribution in [0.1, 0.15) is 26.7 Å². The maximum Gasteiger partial charge on any atom is 0.246 e. The molecule has 2 bridgehead atoms. The van der Waals surface area contributed by atoms with Crippen LogP contribution in [0.25, 0.3) is 0 Å². The predicted octanol–water partition coefficient (Wildman–Crippen LogP) is 4.20. The van der Waals surface area contributed by atoms with Crippen molar-refractivity contribution >= 4 is 28.0 Å². The molecule has 3 rings (SSSR count). The van der Waals surface area contributed by atoms with Crippen LogP contribution in [0, 0.1) is 17.3 Å². The SMILES string of the molecule is CSC(=O)SCC1=CCC2CC1C2(C)C. The van der Waals surface area contributed by atoms with Gasteiger partial charge in [0.05, 0.1) is 0 Å². The van der Waals surface area contributed by atoms with Gasteiger partial charge in [-0.15, -0.1) is 0 Å². The van der Waals surface area contributed by atoms with Crippen molar-refractivity contribution in [2.75, 3.05) is 12.0 Å². The third kappa shape index (κ3) is 2.01. The molecule has 0 saturated heterocycles. The van der Waals surface area contributed by atoms with E-state index >= 15 is 0 Å². The van der Waals surface area contributed by atoms with Crippen molar-refractivity contribution in [3.8, 4) is 0 Å². The third-order valence-electron chi connectivity index (χ3n) is 4.11. The second-order valence-corrected chi connectivity index (χ2v) is 7.05. The van der Waals surface area contributed by atoms with Crippen LogP contribution >= 0.6 is 23.5 Å². The summed E-state index contributed by atoms with van der Waals surface area (Å²) in [4.78, 5) is 11.2. The monoisotopic (exact) mass is 242 g/mol. The van der Waals surface area contributed by atoms with E-state index in [0.29, 0.717) is 5.41 Å². The molecule has 0 aromatic rings. The Balaban J connectivity index is 1.94. The molecule has 1 fully saturated rings. The Hall–Kier alpha value is 0.110. The van der Waals surface area contributed by atoms with Crippen molar-refractivity contribution in [2.24, 2.45) is 17.3 Å². The van der Waals surface area contributed by atoms with Crippen molar-refractivity contribution in [1.82, 2.24) is 0 Å². The maximum atomic E-state index is 11.2. The fraction of sp³-hybridized carbons (Fsp3) is 0.750. The molecule has 0 amide bonds. The van der Waals surface area contributed by atoms with E-state index in [9.17, 15) is 4.79 Å². The zero-order chi connectivity index (χ0) is 11.1. The lowest BCUT2D eigenvalue weighted by Crippen LogP contribution is -2.48. The van der Waals surface area contributed by atoms with E-state index < -0.39 is 0 Å². The Morgan fingerprint density at radius 3 is 2.87 bits per heavy atom. The van der Waals surface area contributed by atoms with E-state index in [2.05, 4.69) is 19.9 Å². The van der Waals surface area contributed by atoms with Crippen LogP contribution in [-0.2, 0) is 0 Å². The number of allylic oxidation sites excluding steroid dienone is 1. The Bertz CT molecular complexity index is 307. The first-order valence-electron chi connectivity index (χ1n) is 5.45. The molecule has 3 aliphatic rings. The van der Waals surface area contributed by atoms with Gasteiger partial charge >= 0.3 is 0 Å². The minimum absolute atomic E-state index is 0.246. The topological polar surface area (TPSA) is 17.1 Å². The number of carbonyl (C=O) groups is 1. The van der Waals surface area contributed by atoms with E-state index in [1.165, 1.54) is 41.9 Å². The summed E-state index contributed by atoms with van der Waals surface area (Å²) in [5.74, 6) is 2.56. The van der Waals surface area contributed by atoms with Gasteiger partial charge < -0.3 is 0 Å². The minimum atomic E-state index is 0.246. The Morgan fingerprint density at radius 1 is 1.60 bits per heavy atom. The minimum Gasteiger partial charge on any atom is -0.274 e. The summed E-state index contributed by atoms with van der Waals surface area (Å²) < 4.78 is 0.246. The molecular weight excluding hydrogens is 224 g/mol. The summed E-state index contributed by atoms with van der Waals surface area (Å²) in [7, 11) is 0. The van der Waals surface area contributed by atoms with Crippen LogP contribution in [0.15, 0.2) is 11.6 Å². The lowest BCUT2D eigenvalue weighted by Gasteiger charge is -2.56. The highest BCUT2D eigenvalue weighted by molar-refractivity contribution is 8.38. The van der Waals surface area contributed by atoms with Crippen molar-refractivity contribution in [3.05, 3.63) is 11.6 Å². The number of hydrogen-bond acceptors (Lipinski definition) is 3. The van der Waals surface area contributed by atoms with Gasteiger partial charge in [0.25, 0.3) is 0 Å². The predicted molar refractivity (Wildman–Crippen MR) is 69.4 cm³/mol. The van der Waals surface area contributed by atoms with Gasteiger partial charge in [0.15, 0.2) is 0 Å². The summed E-state index contributed by atoms with van der Waals surface area (Å²) in [6.07, 6.45) is 6.82. The molecule has 0 aliphatic heterocycles. The largest absolute Gasteiger partial charge is 0.274 e. The number of rotatable bonds is 2. The molecule has 3 aliphatic carbocycles. The summed E-state index contributed by atoms with van der Waals surface area (Å²) in [5.41, 5.74) is 2.02. The number of fused-ring (bicyclic) bond motifs is 1. The van der Waals surface area contributed by atoms with Crippen LogP contribution in [0.4, 0.5) is 4.79 Å². The molecule has 0 radical (unpaired) electrons. The number of carbonyl (C=O) groups excluding carboxylic acids is 1. The van der Waals surface area contributed by atoms with Crippen molar-refractivity contribution in [3.63, 3.8) is 0 Å². The molecular formula is C12H18OS2. The van der Waals surface area contributed by atoms with Crippen LogP contribution in [0.3, 0.4) is 0 Å². The van der Waals surface area contributed by atoms with Crippen molar-refractivity contribution in [2.45, 2.75) is 26.7 Å². The quantitative estimate of drug-likeness (QED) is 0.676. The van der Waals surface area contributed by atoms with E-state index in [0.717, 1.165) is 17.6 Å². The van der Waals surface area contributed by atoms with E-state index in [-0.39, 0.29) is 4.45 Å². The number of thioether (sulfide) groups is 2. The molecule has 1 nitrogen and oxygen atoms in total. The first kappa shape index (κ1) is 11.6. The normalized spacial score (nSPS) is 31.8. The summed E-state index contributed by atoms with van der Waals surface area (Å²) in [5, 5.41) is 0. The average molecular weight is 242 g/mol. The number of hydrogen-bond donors (Lipinski definition) is 0. The Labute approximate surface area is 100 Å². The molecule has 3 heteroatoms. The molecule has 0 spiro atoms. The van der Waals surface area contributed by atoms with Gasteiger partial charge in [0.2, 0.25) is 4.45 Å². The van der Waals surface area contributed by atoms with Gasteiger partial charge in [-0.05, 0) is 36.3 Å². The zero-order valence-electron chi connectivity index (χ0n) is 9.58. The third-order valence-corrected chi connectivity index (χ3v) is 6.01. The molecule has 2 unspecified atom stereocenters. The lowest BCUT2D eigenvalue weighted by molar-refractivity contribution is -0.00535. The van der Waals surface area contributed by atoms with Gasteiger partial charge in [0, 0.05) is 5.75 Å². The second-order valence-electron chi connectivity index (χ2n) is 5.06. The first-order chi connectivity index (χ1) is 7.05. The van der Waals surface area contributed by atoms with Gasteiger partial charge in [-0.25, -0.2) is 0 Å². The highest BCUT2D eigenvalue weighted by atomic mass is 32.2. The standard InChI is InChI=1S/C12H18OS2/c1-12(2)9-5-4-8(10(12)6-9)7-15-11(13)14-3/h4,9-10H,5-7H2,1-3H3. The molecule has 1 saturated carbocycles. The average Bonchev–Trinajstić information content (AvgIpc) is 2.25. The maximum absolute atomic E-state index is 11.2. The van der Waals surface area contributed by atoms with Crippen molar-refractivity contribution < 1.29 is 4.79 Å². The van der Waals surface area contributed by atoms with Gasteiger partial charge in [-0.1, -0.05) is 49.0 Å². The Kier molecular flexibility index (Phi) is 3.22. The van der Waals surface area contributed by atoms with Crippen LogP contribution in [0.2, 0.25) is 0 Å². The molecule has 84 valence electrons. The van der Waals surface area contributed by atoms with Crippen LogP contribution in [0.5, 0.6) is 0 Å². The second kappa shape index (κ2) is 4.17. The highest BCUT2D eigenvalue weighted by Gasteiger charge is 2.50. The van der Waals surface area contributed by atoms with E-state index in [1.54, 1.807) is 0 Å². The fourth-order valence-corrected chi connectivity index (χ4v) is 4.09. The molecule has 15 heavy (non-hydrogen) atoms. The van der Waals surface area contributed by atoms with E-state index in [4.69, 9.17) is 0 Å². The van der Waals surface area contributed by atoms with Crippen LogP contribution < -0.4 is 0 Å². The Morgan fingerprint density at radius 2 is 2.33 bits per heavy atom. The first-order valence-corrected chi connectivity index (χ1v) is 7.66. The van der Waals surface area contributed by atoms with Crippen LogP contribution in [-0.4, -0.2) is 16.5 Å². The molecule has 2 atom stereocenters. The molecule has 0 aromatic heterocycles.